The van der Waals surface area contributed by atoms with Crippen LogP contribution in [0.1, 0.15) is 25.8 Å². The monoisotopic (exact) mass is 207 g/mol. The Balaban J connectivity index is 0.000000531. The minimum Gasteiger partial charge on any atom is -0.497 e. The highest BCUT2D eigenvalue weighted by molar-refractivity contribution is 5.57. The Bertz CT molecular complexity index is 309. The lowest BCUT2D eigenvalue weighted by Crippen LogP contribution is -2.24. The summed E-state index contributed by atoms with van der Waals surface area (Å²) in [7, 11) is 3.86. The van der Waals surface area contributed by atoms with Crippen molar-refractivity contribution in [3.8, 4) is 5.75 Å². The molecule has 0 aromatic heterocycles. The largest absolute Gasteiger partial charge is 0.497 e. The van der Waals surface area contributed by atoms with Gasteiger partial charge in [0.25, 0.3) is 0 Å². The number of rotatable bonds is 1. The summed E-state index contributed by atoms with van der Waals surface area (Å²) >= 11 is 0. The Hall–Kier alpha value is -1.18. The van der Waals surface area contributed by atoms with E-state index in [9.17, 15) is 0 Å². The van der Waals surface area contributed by atoms with Crippen LogP contribution in [0, 0.1) is 0 Å². The summed E-state index contributed by atoms with van der Waals surface area (Å²) < 4.78 is 5.20. The van der Waals surface area contributed by atoms with Crippen LogP contribution < -0.4 is 9.64 Å². The van der Waals surface area contributed by atoms with Gasteiger partial charge in [0.15, 0.2) is 0 Å². The van der Waals surface area contributed by atoms with Gasteiger partial charge in [-0.3, -0.25) is 0 Å². The molecule has 1 aromatic rings. The third-order valence-electron chi connectivity index (χ3n) is 2.64. The third-order valence-corrected chi connectivity index (χ3v) is 2.64. The first-order valence-corrected chi connectivity index (χ1v) is 5.69. The minimum atomic E-state index is 0.967. The smallest absolute Gasteiger partial charge is 0.119 e. The van der Waals surface area contributed by atoms with E-state index in [1.165, 1.54) is 30.6 Å². The number of benzene rings is 1. The molecule has 0 N–H and O–H groups in total. The van der Waals surface area contributed by atoms with Gasteiger partial charge in [-0.05, 0) is 36.6 Å². The van der Waals surface area contributed by atoms with Crippen LogP contribution >= 0.6 is 0 Å². The molecule has 2 heteroatoms. The van der Waals surface area contributed by atoms with Crippen LogP contribution in [-0.2, 0) is 6.42 Å². The molecular formula is C13H21NO. The molecule has 0 atom stereocenters. The fourth-order valence-corrected chi connectivity index (χ4v) is 1.89. The molecular weight excluding hydrogens is 186 g/mol. The van der Waals surface area contributed by atoms with Crippen LogP contribution in [0.15, 0.2) is 18.2 Å². The molecule has 0 fully saturated rings. The average Bonchev–Trinajstić information content (AvgIpc) is 2.31. The third kappa shape index (κ3) is 2.65. The zero-order chi connectivity index (χ0) is 11.3. The molecule has 2 rings (SSSR count). The number of fused-ring (bicyclic) bond motifs is 1. The Morgan fingerprint density at radius 2 is 2.00 bits per heavy atom. The molecule has 2 nitrogen and oxygen atoms in total. The average molecular weight is 207 g/mol. The second kappa shape index (κ2) is 5.64. The number of hydrogen-bond donors (Lipinski definition) is 0. The lowest BCUT2D eigenvalue weighted by molar-refractivity contribution is 0.414. The molecule has 0 aliphatic carbocycles. The van der Waals surface area contributed by atoms with E-state index in [-0.39, 0.29) is 0 Å². The molecule has 1 aromatic carbocycles. The molecule has 15 heavy (non-hydrogen) atoms. The number of ether oxygens (including phenoxy) is 1. The van der Waals surface area contributed by atoms with Gasteiger partial charge in [-0.1, -0.05) is 13.8 Å². The first-order valence-electron chi connectivity index (χ1n) is 5.69. The van der Waals surface area contributed by atoms with E-state index in [1.54, 1.807) is 7.11 Å². The van der Waals surface area contributed by atoms with Crippen molar-refractivity contribution in [3.05, 3.63) is 23.8 Å². The van der Waals surface area contributed by atoms with Crippen molar-refractivity contribution < 1.29 is 4.74 Å². The van der Waals surface area contributed by atoms with Crippen LogP contribution in [0.3, 0.4) is 0 Å². The van der Waals surface area contributed by atoms with E-state index in [2.05, 4.69) is 24.1 Å². The Kier molecular flexibility index (Phi) is 4.47. The summed E-state index contributed by atoms with van der Waals surface area (Å²) in [5, 5.41) is 0. The summed E-state index contributed by atoms with van der Waals surface area (Å²) in [6, 6.07) is 6.32. The van der Waals surface area contributed by atoms with E-state index in [4.69, 9.17) is 4.74 Å². The van der Waals surface area contributed by atoms with Crippen molar-refractivity contribution in [2.24, 2.45) is 0 Å². The van der Waals surface area contributed by atoms with Crippen LogP contribution in [0.4, 0.5) is 5.69 Å². The van der Waals surface area contributed by atoms with E-state index in [0.717, 1.165) is 5.75 Å². The van der Waals surface area contributed by atoms with Gasteiger partial charge in [-0.2, -0.15) is 0 Å². The van der Waals surface area contributed by atoms with Gasteiger partial charge in [0.2, 0.25) is 0 Å². The van der Waals surface area contributed by atoms with Gasteiger partial charge in [0.1, 0.15) is 5.75 Å². The van der Waals surface area contributed by atoms with E-state index >= 15 is 0 Å². The number of anilines is 1. The summed E-state index contributed by atoms with van der Waals surface area (Å²) in [6.07, 6.45) is 2.42. The number of nitrogens with zero attached hydrogens (tertiary/aromatic N) is 1. The van der Waals surface area contributed by atoms with Crippen LogP contribution in [0.2, 0.25) is 0 Å². The van der Waals surface area contributed by atoms with Crippen molar-refractivity contribution >= 4 is 5.69 Å². The molecule has 1 aliphatic rings. The topological polar surface area (TPSA) is 12.5 Å². The summed E-state index contributed by atoms with van der Waals surface area (Å²) in [6.45, 7) is 5.17. The second-order valence-corrected chi connectivity index (χ2v) is 3.52. The lowest BCUT2D eigenvalue weighted by Gasteiger charge is -2.27. The maximum Gasteiger partial charge on any atom is 0.119 e. The predicted octanol–water partition coefficient (Wildman–Crippen LogP) is 3.10. The molecule has 0 amide bonds. The van der Waals surface area contributed by atoms with Gasteiger partial charge in [0, 0.05) is 19.3 Å². The number of hydrogen-bond acceptors (Lipinski definition) is 2. The molecule has 0 spiro atoms. The highest BCUT2D eigenvalue weighted by Crippen LogP contribution is 2.29. The minimum absolute atomic E-state index is 0.967. The zero-order valence-corrected chi connectivity index (χ0v) is 10.2. The van der Waals surface area contributed by atoms with Gasteiger partial charge in [-0.15, -0.1) is 0 Å². The van der Waals surface area contributed by atoms with Gasteiger partial charge < -0.3 is 9.64 Å². The highest BCUT2D eigenvalue weighted by Gasteiger charge is 2.13. The second-order valence-electron chi connectivity index (χ2n) is 3.52. The quantitative estimate of drug-likeness (QED) is 0.701. The first-order chi connectivity index (χ1) is 7.31. The zero-order valence-electron chi connectivity index (χ0n) is 10.2. The van der Waals surface area contributed by atoms with Crippen molar-refractivity contribution in [2.45, 2.75) is 26.7 Å². The predicted molar refractivity (Wildman–Crippen MR) is 65.9 cm³/mol. The van der Waals surface area contributed by atoms with Crippen LogP contribution in [0.25, 0.3) is 0 Å². The molecule has 0 unspecified atom stereocenters. The molecule has 0 saturated heterocycles. The molecule has 84 valence electrons. The molecule has 0 bridgehead atoms. The Morgan fingerprint density at radius 1 is 1.27 bits per heavy atom. The maximum absolute atomic E-state index is 5.20. The van der Waals surface area contributed by atoms with Crippen molar-refractivity contribution in [1.29, 1.82) is 0 Å². The Morgan fingerprint density at radius 3 is 2.67 bits per heavy atom. The van der Waals surface area contributed by atoms with Gasteiger partial charge in [0.05, 0.1) is 7.11 Å². The lowest BCUT2D eigenvalue weighted by atomic mass is 10.0. The van der Waals surface area contributed by atoms with Crippen molar-refractivity contribution in [2.75, 3.05) is 25.6 Å². The number of aryl methyl sites for hydroxylation is 1. The molecule has 1 heterocycles. The van der Waals surface area contributed by atoms with Gasteiger partial charge >= 0.3 is 0 Å². The Labute approximate surface area is 92.9 Å². The fourth-order valence-electron chi connectivity index (χ4n) is 1.89. The van der Waals surface area contributed by atoms with Crippen molar-refractivity contribution in [3.63, 3.8) is 0 Å². The van der Waals surface area contributed by atoms with Gasteiger partial charge in [-0.25, -0.2) is 0 Å². The summed E-state index contributed by atoms with van der Waals surface area (Å²) in [5.74, 6) is 0.967. The maximum atomic E-state index is 5.20. The normalized spacial score (nSPS) is 13.7. The van der Waals surface area contributed by atoms with Crippen LogP contribution in [-0.4, -0.2) is 20.7 Å². The molecule has 0 radical (unpaired) electrons. The standard InChI is InChI=1S/C11H15NO.C2H6/c1-12-7-3-4-9-8-10(13-2)5-6-11(9)12;1-2/h5-6,8H,3-4,7H2,1-2H3;1-2H3. The molecule has 1 aliphatic heterocycles. The first kappa shape index (κ1) is 11.9. The fraction of sp³-hybridized carbons (Fsp3) is 0.538. The van der Waals surface area contributed by atoms with E-state index < -0.39 is 0 Å². The SMILES string of the molecule is CC.COc1ccc2c(c1)CCCN2C. The highest BCUT2D eigenvalue weighted by atomic mass is 16.5. The van der Waals surface area contributed by atoms with E-state index in [1.807, 2.05) is 19.9 Å². The molecule has 0 saturated carbocycles. The van der Waals surface area contributed by atoms with Crippen molar-refractivity contribution in [1.82, 2.24) is 0 Å². The number of methoxy groups -OCH3 is 1. The summed E-state index contributed by atoms with van der Waals surface area (Å²) in [5.41, 5.74) is 2.76. The van der Waals surface area contributed by atoms with E-state index in [0.29, 0.717) is 0 Å². The van der Waals surface area contributed by atoms with Crippen LogP contribution in [0.5, 0.6) is 5.75 Å². The summed E-state index contributed by atoms with van der Waals surface area (Å²) in [4.78, 5) is 2.30.